The van der Waals surface area contributed by atoms with Gasteiger partial charge >= 0.3 is 48.4 Å². The third kappa shape index (κ3) is 5.69. The SMILES string of the molecule is O=C(c1ccc(-c2cccs2)s1)C(F)(OC(F)(F)C(F)(OC(F)(F)C(F)(F)C(F)(F)F)C(F)(F)F)C(F)(F)F. The molecule has 0 aliphatic carbocycles. The second kappa shape index (κ2) is 9.72. The third-order valence-electron chi connectivity index (χ3n) is 4.25. The van der Waals surface area contributed by atoms with Crippen molar-refractivity contribution < 1.29 is 88.9 Å². The van der Waals surface area contributed by atoms with Crippen LogP contribution in [0.15, 0.2) is 29.6 Å². The van der Waals surface area contributed by atoms with Crippen molar-refractivity contribution in [1.82, 2.24) is 0 Å². The van der Waals surface area contributed by atoms with Crippen molar-refractivity contribution in [3.05, 3.63) is 34.5 Å². The highest BCUT2D eigenvalue weighted by Crippen LogP contribution is 2.57. The molecule has 0 aromatic carbocycles. The predicted octanol–water partition coefficient (Wildman–Crippen LogP) is 8.53. The Bertz CT molecular complexity index is 1160. The van der Waals surface area contributed by atoms with Gasteiger partial charge in [-0.1, -0.05) is 6.07 Å². The van der Waals surface area contributed by atoms with Gasteiger partial charge in [0.2, 0.25) is 5.78 Å². The molecule has 22 heteroatoms. The van der Waals surface area contributed by atoms with Crippen LogP contribution in [0.2, 0.25) is 0 Å². The number of hydrogen-bond acceptors (Lipinski definition) is 5. The first-order chi connectivity index (χ1) is 17.1. The van der Waals surface area contributed by atoms with E-state index in [0.717, 1.165) is 17.4 Å². The fraction of sp³-hybridized carbons (Fsp3) is 0.471. The second-order valence-electron chi connectivity index (χ2n) is 6.97. The quantitative estimate of drug-likeness (QED) is 0.203. The average Bonchev–Trinajstić information content (AvgIpc) is 3.41. The lowest BCUT2D eigenvalue weighted by molar-refractivity contribution is -0.547. The van der Waals surface area contributed by atoms with Crippen LogP contribution >= 0.6 is 22.7 Å². The van der Waals surface area contributed by atoms with Gasteiger partial charge in [-0.3, -0.25) is 14.3 Å². The summed E-state index contributed by atoms with van der Waals surface area (Å²) in [6.45, 7) is 0. The molecule has 2 aromatic heterocycles. The molecule has 2 aromatic rings. The van der Waals surface area contributed by atoms with E-state index in [1.165, 1.54) is 22.2 Å². The average molecular weight is 644 g/mol. The Morgan fingerprint density at radius 1 is 0.615 bits per heavy atom. The maximum Gasteiger partial charge on any atom is 0.462 e. The predicted molar refractivity (Wildman–Crippen MR) is 94.8 cm³/mol. The Balaban J connectivity index is 2.61. The van der Waals surface area contributed by atoms with Gasteiger partial charge in [0.15, 0.2) is 0 Å². The first-order valence-electron chi connectivity index (χ1n) is 8.95. The van der Waals surface area contributed by atoms with E-state index in [4.69, 9.17) is 0 Å². The van der Waals surface area contributed by atoms with Crippen molar-refractivity contribution in [2.75, 3.05) is 0 Å². The van der Waals surface area contributed by atoms with E-state index in [-0.39, 0.29) is 21.1 Å². The summed E-state index contributed by atoms with van der Waals surface area (Å²) in [5.41, 5.74) is 0. The topological polar surface area (TPSA) is 35.5 Å². The summed E-state index contributed by atoms with van der Waals surface area (Å²) in [6.07, 6.45) is -38.5. The van der Waals surface area contributed by atoms with Crippen LogP contribution in [0.25, 0.3) is 9.75 Å². The maximum atomic E-state index is 14.7. The van der Waals surface area contributed by atoms with Gasteiger partial charge in [-0.15, -0.1) is 22.7 Å². The molecule has 0 N–H and O–H groups in total. The van der Waals surface area contributed by atoms with Gasteiger partial charge in [-0.2, -0.15) is 74.6 Å². The van der Waals surface area contributed by atoms with Crippen LogP contribution in [0.4, 0.5) is 74.6 Å². The lowest BCUT2D eigenvalue weighted by Gasteiger charge is -2.40. The number of alkyl halides is 17. The molecule has 0 saturated heterocycles. The molecule has 39 heavy (non-hydrogen) atoms. The highest BCUT2D eigenvalue weighted by atomic mass is 32.1. The molecular formula is C17H5F17O3S2. The summed E-state index contributed by atoms with van der Waals surface area (Å²) in [5, 5.41) is 1.38. The number of carbonyl (C=O) groups excluding carboxylic acids is 1. The molecule has 2 rings (SSSR count). The molecule has 2 unspecified atom stereocenters. The number of rotatable bonds is 9. The monoisotopic (exact) mass is 644 g/mol. The number of halogens is 17. The first-order valence-corrected chi connectivity index (χ1v) is 10.6. The second-order valence-corrected chi connectivity index (χ2v) is 9.00. The molecule has 0 amide bonds. The number of thiophene rings is 2. The molecule has 0 bridgehead atoms. The molecule has 0 aliphatic heterocycles. The molecule has 0 aliphatic rings. The van der Waals surface area contributed by atoms with E-state index in [1.807, 2.05) is 0 Å². The van der Waals surface area contributed by atoms with Gasteiger partial charge in [0.25, 0.3) is 0 Å². The lowest BCUT2D eigenvalue weighted by Crippen LogP contribution is -2.68. The zero-order valence-electron chi connectivity index (χ0n) is 17.4. The largest absolute Gasteiger partial charge is 0.462 e. The van der Waals surface area contributed by atoms with E-state index in [0.29, 0.717) is 6.07 Å². The van der Waals surface area contributed by atoms with E-state index >= 15 is 0 Å². The third-order valence-corrected chi connectivity index (χ3v) is 6.40. The zero-order chi connectivity index (χ0) is 30.7. The van der Waals surface area contributed by atoms with Crippen LogP contribution in [0, 0.1) is 0 Å². The van der Waals surface area contributed by atoms with Crippen LogP contribution in [0.3, 0.4) is 0 Å². The molecule has 0 spiro atoms. The Morgan fingerprint density at radius 3 is 1.56 bits per heavy atom. The highest BCUT2D eigenvalue weighted by molar-refractivity contribution is 7.22. The van der Waals surface area contributed by atoms with E-state index in [1.54, 1.807) is 0 Å². The standard InChI is InChI=1S/C17H5F17O3S2/c18-10(13(22,23)24,9(35)8-4-3-7(39-8)6-2-1-5-38-6)36-17(33,34)12(21,15(28,29)30)37-16(31,32)11(19,20)14(25,26)27/h1-5H. The van der Waals surface area contributed by atoms with E-state index in [9.17, 15) is 79.4 Å². The minimum absolute atomic E-state index is 0.0986. The summed E-state index contributed by atoms with van der Waals surface area (Å²) in [7, 11) is 0. The number of ether oxygens (including phenoxy) is 2. The Kier molecular flexibility index (Phi) is 8.22. The van der Waals surface area contributed by atoms with Crippen molar-refractivity contribution in [1.29, 1.82) is 0 Å². The summed E-state index contributed by atoms with van der Waals surface area (Å²) in [5.74, 6) is -26.0. The normalized spacial score (nSPS) is 17.6. The number of carbonyl (C=O) groups is 1. The smallest absolute Gasteiger partial charge is 0.286 e. The van der Waals surface area contributed by atoms with Crippen molar-refractivity contribution >= 4 is 28.5 Å². The molecule has 3 nitrogen and oxygen atoms in total. The van der Waals surface area contributed by atoms with Crippen LogP contribution in [-0.4, -0.2) is 54.2 Å². The Labute approximate surface area is 210 Å². The van der Waals surface area contributed by atoms with Crippen LogP contribution in [-0.2, 0) is 9.47 Å². The van der Waals surface area contributed by atoms with E-state index in [2.05, 4.69) is 4.74 Å². The summed E-state index contributed by atoms with van der Waals surface area (Å²) in [6, 6.07) is 3.73. The number of Topliss-reactive ketones (excluding diaryl/α,β-unsaturated/α-hetero) is 1. The Hall–Kier alpha value is -2.20. The highest BCUT2D eigenvalue weighted by Gasteiger charge is 2.85. The van der Waals surface area contributed by atoms with Crippen molar-refractivity contribution in [2.24, 2.45) is 0 Å². The molecule has 0 saturated carbocycles. The lowest BCUT2D eigenvalue weighted by atomic mass is 10.1. The van der Waals surface area contributed by atoms with Gasteiger partial charge in [0.05, 0.1) is 4.88 Å². The van der Waals surface area contributed by atoms with Gasteiger partial charge in [-0.05, 0) is 23.6 Å². The maximum absolute atomic E-state index is 14.7. The van der Waals surface area contributed by atoms with Gasteiger partial charge in [-0.25, -0.2) is 0 Å². The zero-order valence-corrected chi connectivity index (χ0v) is 19.0. The molecule has 0 fully saturated rings. The Morgan fingerprint density at radius 2 is 1.15 bits per heavy atom. The van der Waals surface area contributed by atoms with Gasteiger partial charge in [0, 0.05) is 9.75 Å². The number of hydrogen-bond donors (Lipinski definition) is 0. The first kappa shape index (κ1) is 33.0. The number of ketones is 1. The minimum atomic E-state index is -8.04. The van der Waals surface area contributed by atoms with Crippen molar-refractivity contribution in [3.8, 4) is 9.75 Å². The summed E-state index contributed by atoms with van der Waals surface area (Å²) < 4.78 is 228. The fourth-order valence-electron chi connectivity index (χ4n) is 2.33. The van der Waals surface area contributed by atoms with Crippen LogP contribution < -0.4 is 0 Å². The van der Waals surface area contributed by atoms with Crippen LogP contribution in [0.5, 0.6) is 0 Å². The van der Waals surface area contributed by atoms with Crippen molar-refractivity contribution in [3.63, 3.8) is 0 Å². The minimum Gasteiger partial charge on any atom is -0.286 e. The van der Waals surface area contributed by atoms with Crippen LogP contribution in [0.1, 0.15) is 9.67 Å². The molecular weight excluding hydrogens is 639 g/mol. The molecule has 2 atom stereocenters. The molecule has 2 heterocycles. The summed E-state index contributed by atoms with van der Waals surface area (Å²) in [4.78, 5) is 10.6. The van der Waals surface area contributed by atoms with E-state index < -0.39 is 59.0 Å². The van der Waals surface area contributed by atoms with Gasteiger partial charge in [0.1, 0.15) is 0 Å². The van der Waals surface area contributed by atoms with Gasteiger partial charge < -0.3 is 0 Å². The fourth-order valence-corrected chi connectivity index (χ4v) is 4.15. The molecule has 0 radical (unpaired) electrons. The molecule has 222 valence electrons. The van der Waals surface area contributed by atoms with Crippen molar-refractivity contribution in [2.45, 2.75) is 48.4 Å². The summed E-state index contributed by atoms with van der Waals surface area (Å²) >= 11 is 0.769.